The van der Waals surface area contributed by atoms with Crippen molar-refractivity contribution >= 4 is 42.2 Å². The molecule has 3 N–H and O–H groups in total. The minimum Gasteiger partial charge on any atom is -0.487 e. The van der Waals surface area contributed by atoms with Gasteiger partial charge in [0.1, 0.15) is 36.2 Å². The molecule has 1 aliphatic carbocycles. The average molecular weight is 731 g/mol. The van der Waals surface area contributed by atoms with E-state index in [0.717, 1.165) is 12.1 Å². The minimum atomic E-state index is -5.20. The molecule has 1 saturated carbocycles. The van der Waals surface area contributed by atoms with Gasteiger partial charge in [0.2, 0.25) is 5.43 Å². The second-order valence-corrected chi connectivity index (χ2v) is 14.1. The number of aromatic carboxylic acids is 1. The van der Waals surface area contributed by atoms with Gasteiger partial charge in [0.15, 0.2) is 23.1 Å². The fraction of sp³-hybridized carbons (Fsp3) is 0.387. The smallest absolute Gasteiger partial charge is 0.470 e. The fourth-order valence-corrected chi connectivity index (χ4v) is 7.76. The number of carboxylic acids is 1. The molecule has 3 fully saturated rings. The van der Waals surface area contributed by atoms with E-state index in [9.17, 15) is 33.8 Å². The molecule has 3 aliphatic heterocycles. The second-order valence-electron chi connectivity index (χ2n) is 13.0. The molecular weight excluding hydrogens is 701 g/mol. The Morgan fingerprint density at radius 3 is 2.63 bits per heavy atom. The zero-order valence-corrected chi connectivity index (χ0v) is 27.3. The Labute approximate surface area is 285 Å². The zero-order chi connectivity index (χ0) is 35.8. The fourth-order valence-electron chi connectivity index (χ4n) is 7.07. The summed E-state index contributed by atoms with van der Waals surface area (Å²) in [5.41, 5.74) is -2.89. The van der Waals surface area contributed by atoms with Gasteiger partial charge in [0.05, 0.1) is 48.5 Å². The summed E-state index contributed by atoms with van der Waals surface area (Å²) < 4.78 is 69.2. The normalized spacial score (nSPS) is 22.9. The number of phosphoric ester groups is 1. The van der Waals surface area contributed by atoms with Crippen molar-refractivity contribution in [2.75, 3.05) is 36.1 Å². The number of carbonyl (C=O) groups excluding carboxylic acids is 1. The molecule has 8 rings (SSSR count). The van der Waals surface area contributed by atoms with Crippen LogP contribution in [0.15, 0.2) is 47.7 Å². The topological polar surface area (TPSA) is 208 Å². The van der Waals surface area contributed by atoms with E-state index in [-0.39, 0.29) is 72.5 Å². The molecule has 0 unspecified atom stereocenters. The summed E-state index contributed by atoms with van der Waals surface area (Å²) in [7, 11) is -5.20. The van der Waals surface area contributed by atoms with Gasteiger partial charge in [0, 0.05) is 30.9 Å². The van der Waals surface area contributed by atoms with Crippen molar-refractivity contribution in [2.45, 2.75) is 49.6 Å². The number of amides is 1. The number of phosphoric acid groups is 1. The van der Waals surface area contributed by atoms with Crippen molar-refractivity contribution < 1.29 is 56.6 Å². The van der Waals surface area contributed by atoms with Crippen LogP contribution >= 0.6 is 7.82 Å². The number of cyclic esters (lactones) is 1. The van der Waals surface area contributed by atoms with Crippen LogP contribution in [0.2, 0.25) is 0 Å². The van der Waals surface area contributed by atoms with E-state index in [1.54, 1.807) is 10.8 Å². The molecule has 0 radical (unpaired) electrons. The van der Waals surface area contributed by atoms with Crippen molar-refractivity contribution in [1.82, 2.24) is 19.6 Å². The molecule has 4 aromatic rings. The van der Waals surface area contributed by atoms with Gasteiger partial charge in [-0.15, -0.1) is 5.10 Å². The van der Waals surface area contributed by atoms with Crippen molar-refractivity contribution in [1.29, 1.82) is 0 Å². The SMILES string of the molecule is O=C(O)c1cn(C2CC2)c2c3c(c(F)cc2c1=O)N1C[C@](COc2ccc(N4C[C@H](Cn5ccnn5)OC4=O)cc2F)(OP(=O)(O)O)C[C@H]1CO3. The van der Waals surface area contributed by atoms with Crippen LogP contribution in [0, 0.1) is 11.6 Å². The van der Waals surface area contributed by atoms with Crippen LogP contribution in [0.3, 0.4) is 0 Å². The third-order valence-electron chi connectivity index (χ3n) is 9.35. The van der Waals surface area contributed by atoms with Crippen LogP contribution in [0.4, 0.5) is 25.0 Å². The lowest BCUT2D eigenvalue weighted by atomic mass is 10.0. The van der Waals surface area contributed by atoms with E-state index < -0.39 is 66.9 Å². The number of carboxylic acid groups (broad SMARTS) is 1. The summed E-state index contributed by atoms with van der Waals surface area (Å²) in [5, 5.41) is 17.0. The third kappa shape index (κ3) is 6.05. The number of aromatic nitrogens is 4. The quantitative estimate of drug-likeness (QED) is 0.201. The molecular formula is C31H29F2N6O11P. The summed E-state index contributed by atoms with van der Waals surface area (Å²) in [5.74, 6) is -3.57. The first-order valence-electron chi connectivity index (χ1n) is 15.8. The molecule has 3 atom stereocenters. The highest BCUT2D eigenvalue weighted by molar-refractivity contribution is 7.46. The van der Waals surface area contributed by atoms with Gasteiger partial charge >= 0.3 is 19.9 Å². The van der Waals surface area contributed by atoms with Crippen molar-refractivity contribution in [2.24, 2.45) is 0 Å². The number of anilines is 2. The molecule has 4 aliphatic rings. The van der Waals surface area contributed by atoms with Crippen molar-refractivity contribution in [3.05, 3.63) is 70.3 Å². The molecule has 2 saturated heterocycles. The van der Waals surface area contributed by atoms with Gasteiger partial charge in [-0.1, -0.05) is 5.21 Å². The highest BCUT2D eigenvalue weighted by Crippen LogP contribution is 2.52. The number of ether oxygens (including phenoxy) is 3. The molecule has 0 bridgehead atoms. The van der Waals surface area contributed by atoms with E-state index >= 15 is 8.78 Å². The average Bonchev–Trinajstić information content (AvgIpc) is 3.47. The van der Waals surface area contributed by atoms with E-state index in [0.29, 0.717) is 12.8 Å². The number of hydrogen-bond donors (Lipinski definition) is 3. The van der Waals surface area contributed by atoms with Crippen molar-refractivity contribution in [3.63, 3.8) is 0 Å². The first kappa shape index (κ1) is 33.1. The number of rotatable bonds is 10. The van der Waals surface area contributed by atoms with Gasteiger partial charge in [-0.3, -0.25) is 14.2 Å². The van der Waals surface area contributed by atoms with Gasteiger partial charge < -0.3 is 38.6 Å². The summed E-state index contributed by atoms with van der Waals surface area (Å²) in [6, 6.07) is 3.86. The van der Waals surface area contributed by atoms with Gasteiger partial charge in [-0.05, 0) is 31.0 Å². The molecule has 268 valence electrons. The molecule has 20 heteroatoms. The second kappa shape index (κ2) is 12.0. The van der Waals surface area contributed by atoms with Crippen LogP contribution in [0.1, 0.15) is 35.7 Å². The predicted molar refractivity (Wildman–Crippen MR) is 170 cm³/mol. The minimum absolute atomic E-state index is 0.0133. The molecule has 17 nitrogen and oxygen atoms in total. The molecule has 5 heterocycles. The van der Waals surface area contributed by atoms with Crippen LogP contribution in [-0.2, 0) is 20.4 Å². The number of fused-ring (bicyclic) bond motifs is 5. The van der Waals surface area contributed by atoms with E-state index in [1.807, 2.05) is 0 Å². The predicted octanol–water partition coefficient (Wildman–Crippen LogP) is 2.83. The monoisotopic (exact) mass is 730 g/mol. The maximum atomic E-state index is 16.0. The lowest BCUT2D eigenvalue weighted by Crippen LogP contribution is -2.42. The summed E-state index contributed by atoms with van der Waals surface area (Å²) in [6.07, 6.45) is 4.34. The lowest BCUT2D eigenvalue weighted by molar-refractivity contribution is 0.00780. The maximum absolute atomic E-state index is 16.0. The maximum Gasteiger partial charge on any atom is 0.470 e. The van der Waals surface area contributed by atoms with Crippen LogP contribution in [-0.4, -0.2) is 90.6 Å². The third-order valence-corrected chi connectivity index (χ3v) is 9.98. The lowest BCUT2D eigenvalue weighted by Gasteiger charge is -2.35. The number of benzene rings is 2. The molecule has 1 amide bonds. The molecule has 51 heavy (non-hydrogen) atoms. The number of hydrogen-bond acceptors (Lipinski definition) is 11. The number of carbonyl (C=O) groups is 2. The molecule has 2 aromatic heterocycles. The van der Waals surface area contributed by atoms with Crippen LogP contribution < -0.4 is 24.7 Å². The van der Waals surface area contributed by atoms with Crippen LogP contribution in [0.5, 0.6) is 11.5 Å². The van der Waals surface area contributed by atoms with Gasteiger partial charge in [-0.25, -0.2) is 27.6 Å². The molecule has 0 spiro atoms. The van der Waals surface area contributed by atoms with Crippen molar-refractivity contribution in [3.8, 4) is 11.5 Å². The van der Waals surface area contributed by atoms with E-state index in [2.05, 4.69) is 10.3 Å². The van der Waals surface area contributed by atoms with Crippen LogP contribution in [0.25, 0.3) is 10.9 Å². The highest BCUT2D eigenvalue weighted by atomic mass is 31.2. The Hall–Kier alpha value is -5.10. The number of halogens is 2. The Morgan fingerprint density at radius 2 is 1.94 bits per heavy atom. The Kier molecular flexibility index (Phi) is 7.78. The van der Waals surface area contributed by atoms with E-state index in [4.69, 9.17) is 18.7 Å². The number of pyridine rings is 1. The molecule has 2 aromatic carbocycles. The van der Waals surface area contributed by atoms with Gasteiger partial charge in [0.25, 0.3) is 0 Å². The first-order valence-corrected chi connectivity index (χ1v) is 17.4. The largest absolute Gasteiger partial charge is 0.487 e. The zero-order valence-electron chi connectivity index (χ0n) is 26.4. The summed E-state index contributed by atoms with van der Waals surface area (Å²) in [4.78, 5) is 60.0. The summed E-state index contributed by atoms with van der Waals surface area (Å²) in [6.45, 7) is -0.652. The number of nitrogens with zero attached hydrogens (tertiary/aromatic N) is 6. The summed E-state index contributed by atoms with van der Waals surface area (Å²) >= 11 is 0. The highest BCUT2D eigenvalue weighted by Gasteiger charge is 2.53. The Balaban J connectivity index is 1.07. The first-order chi connectivity index (χ1) is 24.3. The van der Waals surface area contributed by atoms with E-state index in [1.165, 1.54) is 39.0 Å². The van der Waals surface area contributed by atoms with Gasteiger partial charge in [-0.2, -0.15) is 0 Å². The Bertz CT molecular complexity index is 2190. The standard InChI is InChI=1S/C31H29F2N6O11P/c32-22-7-17(38-11-19(49-30(38)43)10-36-6-5-34-35-36)3-4-24(22)48-15-31(50-51(44,45)46)9-18-13-47-28-25-20(8-23(33)26(28)39(18)14-31)27(40)21(29(41)42)12-37(25)16-1-2-16/h3-8,12,16,18-19H,1-2,9-11,13-15H2,(H,41,42)(H2,44,45,46)/t18-,19-,31+/m0/s1. The Morgan fingerprint density at radius 1 is 1.14 bits per heavy atom.